The van der Waals surface area contributed by atoms with Gasteiger partial charge in [0.25, 0.3) is 5.91 Å². The number of carbonyl (C=O) groups is 2. The molecule has 0 atom stereocenters. The summed E-state index contributed by atoms with van der Waals surface area (Å²) < 4.78 is 18.1. The fraction of sp³-hybridized carbons (Fsp3) is 0.469. The number of hydrogen-bond donors (Lipinski definition) is 0. The van der Waals surface area contributed by atoms with Gasteiger partial charge in [0.2, 0.25) is 0 Å². The van der Waals surface area contributed by atoms with Gasteiger partial charge in [0.15, 0.2) is 0 Å². The molecule has 0 N–H and O–H groups in total. The average Bonchev–Trinajstić information content (AvgIpc) is 3.45. The summed E-state index contributed by atoms with van der Waals surface area (Å²) in [6.07, 6.45) is 2.84. The van der Waals surface area contributed by atoms with E-state index in [1.165, 1.54) is 0 Å². The number of amides is 2. The number of rotatable bonds is 6. The number of hydrogen-bond acceptors (Lipinski definition) is 7. The summed E-state index contributed by atoms with van der Waals surface area (Å²) >= 11 is 0. The van der Waals surface area contributed by atoms with Crippen LogP contribution in [0.25, 0.3) is 5.69 Å². The number of aromatic nitrogens is 2. The molecule has 10 heteroatoms. The van der Waals surface area contributed by atoms with E-state index in [1.54, 1.807) is 25.3 Å². The van der Waals surface area contributed by atoms with Crippen molar-refractivity contribution < 1.29 is 23.8 Å². The van der Waals surface area contributed by atoms with E-state index in [-0.39, 0.29) is 17.9 Å². The summed E-state index contributed by atoms with van der Waals surface area (Å²) in [5.74, 6) is 1.64. The molecule has 3 aromatic rings. The molecular formula is C32H41N5O5. The number of piperidine rings is 1. The van der Waals surface area contributed by atoms with E-state index in [2.05, 4.69) is 17.0 Å². The molecule has 0 saturated carbocycles. The fourth-order valence-electron chi connectivity index (χ4n) is 5.64. The maximum atomic E-state index is 14.0. The van der Waals surface area contributed by atoms with Gasteiger partial charge in [0.1, 0.15) is 17.1 Å². The molecule has 2 fully saturated rings. The Hall–Kier alpha value is -4.21. The zero-order valence-corrected chi connectivity index (χ0v) is 25.2. The molecule has 0 bridgehead atoms. The summed E-state index contributed by atoms with van der Waals surface area (Å²) in [6.45, 7) is 9.47. The van der Waals surface area contributed by atoms with Crippen LogP contribution in [0.15, 0.2) is 54.7 Å². The Morgan fingerprint density at radius 1 is 0.762 bits per heavy atom. The van der Waals surface area contributed by atoms with Crippen molar-refractivity contribution >= 4 is 17.7 Å². The predicted molar refractivity (Wildman–Crippen MR) is 161 cm³/mol. The first-order chi connectivity index (χ1) is 20.2. The molecule has 0 unspecified atom stereocenters. The normalized spacial score (nSPS) is 16.4. The third kappa shape index (κ3) is 6.48. The first kappa shape index (κ1) is 29.3. The van der Waals surface area contributed by atoms with Gasteiger partial charge in [-0.3, -0.25) is 4.79 Å². The predicted octanol–water partition coefficient (Wildman–Crippen LogP) is 4.97. The van der Waals surface area contributed by atoms with E-state index in [9.17, 15) is 9.59 Å². The second-order valence-corrected chi connectivity index (χ2v) is 11.8. The Morgan fingerprint density at radius 2 is 1.31 bits per heavy atom. The summed E-state index contributed by atoms with van der Waals surface area (Å²) in [7, 11) is 3.30. The van der Waals surface area contributed by atoms with Gasteiger partial charge in [0, 0.05) is 50.9 Å². The molecule has 10 nitrogen and oxygen atoms in total. The molecule has 0 radical (unpaired) electrons. The number of likely N-dealkylation sites (tertiary alicyclic amines) is 1. The lowest BCUT2D eigenvalue weighted by atomic mass is 9.90. The second kappa shape index (κ2) is 12.3. The Balaban J connectivity index is 1.35. The highest BCUT2D eigenvalue weighted by molar-refractivity contribution is 5.95. The smallest absolute Gasteiger partial charge is 0.410 e. The quantitative estimate of drug-likeness (QED) is 0.410. The number of carbonyl (C=O) groups excluding carboxylic acids is 2. The molecule has 2 aromatic carbocycles. The van der Waals surface area contributed by atoms with Crippen LogP contribution in [0.1, 0.15) is 55.6 Å². The summed E-state index contributed by atoms with van der Waals surface area (Å²) in [6, 6.07) is 15.7. The minimum Gasteiger partial charge on any atom is -0.497 e. The van der Waals surface area contributed by atoms with E-state index in [0.29, 0.717) is 44.6 Å². The number of methoxy groups -OCH3 is 2. The molecule has 2 amide bonds. The van der Waals surface area contributed by atoms with E-state index < -0.39 is 5.60 Å². The maximum Gasteiger partial charge on any atom is 0.410 e. The van der Waals surface area contributed by atoms with Gasteiger partial charge in [0.05, 0.1) is 37.4 Å². The van der Waals surface area contributed by atoms with Crippen molar-refractivity contribution in [3.05, 3.63) is 66.0 Å². The molecular weight excluding hydrogens is 534 g/mol. The van der Waals surface area contributed by atoms with Crippen LogP contribution in [0.2, 0.25) is 0 Å². The Morgan fingerprint density at radius 3 is 1.83 bits per heavy atom. The van der Waals surface area contributed by atoms with E-state index in [4.69, 9.17) is 19.3 Å². The molecule has 5 rings (SSSR count). The third-order valence-corrected chi connectivity index (χ3v) is 7.89. The van der Waals surface area contributed by atoms with Crippen LogP contribution in [-0.4, -0.2) is 90.7 Å². The maximum absolute atomic E-state index is 14.0. The molecule has 42 heavy (non-hydrogen) atoms. The van der Waals surface area contributed by atoms with E-state index in [1.807, 2.05) is 66.8 Å². The zero-order chi connectivity index (χ0) is 29.9. The lowest BCUT2D eigenvalue weighted by Crippen LogP contribution is -2.49. The van der Waals surface area contributed by atoms with Crippen molar-refractivity contribution in [1.29, 1.82) is 0 Å². The van der Waals surface area contributed by atoms with Crippen molar-refractivity contribution in [2.75, 3.05) is 58.4 Å². The van der Waals surface area contributed by atoms with Crippen LogP contribution in [0.5, 0.6) is 11.5 Å². The van der Waals surface area contributed by atoms with Crippen LogP contribution < -0.4 is 14.4 Å². The number of piperazine rings is 1. The van der Waals surface area contributed by atoms with Gasteiger partial charge >= 0.3 is 6.09 Å². The van der Waals surface area contributed by atoms with E-state index >= 15 is 0 Å². The Labute approximate surface area is 247 Å². The highest BCUT2D eigenvalue weighted by Crippen LogP contribution is 2.34. The van der Waals surface area contributed by atoms with Crippen molar-refractivity contribution in [3.63, 3.8) is 0 Å². The highest BCUT2D eigenvalue weighted by Gasteiger charge is 2.34. The molecule has 2 aliphatic rings. The highest BCUT2D eigenvalue weighted by atomic mass is 16.6. The van der Waals surface area contributed by atoms with Gasteiger partial charge in [-0.15, -0.1) is 0 Å². The summed E-state index contributed by atoms with van der Waals surface area (Å²) in [4.78, 5) is 32.7. The Kier molecular flexibility index (Phi) is 8.61. The molecule has 2 saturated heterocycles. The number of nitrogens with zero attached hydrogens (tertiary/aromatic N) is 5. The van der Waals surface area contributed by atoms with Crippen molar-refractivity contribution in [3.8, 4) is 17.2 Å². The van der Waals surface area contributed by atoms with Gasteiger partial charge in [-0.05, 0) is 82.1 Å². The van der Waals surface area contributed by atoms with E-state index in [0.717, 1.165) is 41.7 Å². The second-order valence-electron chi connectivity index (χ2n) is 11.8. The summed E-state index contributed by atoms with van der Waals surface area (Å²) in [5, 5.41) is 4.72. The minimum absolute atomic E-state index is 0.00582. The standard InChI is InChI=1S/C32H41N5O5/c1-32(2,3)42-31(39)36-16-14-23(15-17-36)29-28(22-33-37(29)25-8-12-27(41-5)13-9-25)30(38)35-20-18-34(19-21-35)24-6-10-26(40-4)11-7-24/h6-13,22-23H,14-21H2,1-5H3. The lowest BCUT2D eigenvalue weighted by Gasteiger charge is -2.37. The zero-order valence-electron chi connectivity index (χ0n) is 25.2. The SMILES string of the molecule is COc1ccc(N2CCN(C(=O)c3cnn(-c4ccc(OC)cc4)c3C3CCN(C(=O)OC(C)(C)C)CC3)CC2)cc1. The number of ether oxygens (including phenoxy) is 3. The molecule has 224 valence electrons. The molecule has 2 aliphatic heterocycles. The fourth-order valence-corrected chi connectivity index (χ4v) is 5.64. The van der Waals surface area contributed by atoms with Gasteiger partial charge in [-0.2, -0.15) is 5.10 Å². The van der Waals surface area contributed by atoms with Crippen LogP contribution in [0, 0.1) is 0 Å². The van der Waals surface area contributed by atoms with Crippen molar-refractivity contribution in [2.45, 2.75) is 45.1 Å². The third-order valence-electron chi connectivity index (χ3n) is 7.89. The molecule has 0 spiro atoms. The van der Waals surface area contributed by atoms with Gasteiger partial charge in [-0.25, -0.2) is 9.48 Å². The van der Waals surface area contributed by atoms with Gasteiger partial charge < -0.3 is 28.9 Å². The van der Waals surface area contributed by atoms with Crippen LogP contribution >= 0.6 is 0 Å². The topological polar surface area (TPSA) is 89.4 Å². The first-order valence-electron chi connectivity index (χ1n) is 14.6. The monoisotopic (exact) mass is 575 g/mol. The van der Waals surface area contributed by atoms with Crippen LogP contribution in [-0.2, 0) is 4.74 Å². The van der Waals surface area contributed by atoms with Crippen molar-refractivity contribution in [2.24, 2.45) is 0 Å². The molecule has 0 aliphatic carbocycles. The number of anilines is 1. The average molecular weight is 576 g/mol. The molecule has 3 heterocycles. The summed E-state index contributed by atoms with van der Waals surface area (Å²) in [5.41, 5.74) is 2.96. The van der Waals surface area contributed by atoms with Crippen LogP contribution in [0.4, 0.5) is 10.5 Å². The minimum atomic E-state index is -0.544. The van der Waals surface area contributed by atoms with Gasteiger partial charge in [-0.1, -0.05) is 0 Å². The Bertz CT molecular complexity index is 1360. The lowest BCUT2D eigenvalue weighted by molar-refractivity contribution is 0.0203. The molecule has 1 aromatic heterocycles. The van der Waals surface area contributed by atoms with Crippen molar-refractivity contribution in [1.82, 2.24) is 19.6 Å². The first-order valence-corrected chi connectivity index (χ1v) is 14.6. The largest absolute Gasteiger partial charge is 0.497 e. The number of benzene rings is 2. The van der Waals surface area contributed by atoms with Crippen LogP contribution in [0.3, 0.4) is 0 Å².